The summed E-state index contributed by atoms with van der Waals surface area (Å²) in [5, 5.41) is 4.06. The molecule has 2 heteroatoms. The lowest BCUT2D eigenvalue weighted by Gasteiger charge is -2.25. The second kappa shape index (κ2) is 4.94. The van der Waals surface area contributed by atoms with Gasteiger partial charge in [0.15, 0.2) is 0 Å². The van der Waals surface area contributed by atoms with Gasteiger partial charge in [-0.05, 0) is 6.92 Å². The van der Waals surface area contributed by atoms with Crippen LogP contribution in [0.1, 0.15) is 6.92 Å². The van der Waals surface area contributed by atoms with E-state index < -0.39 is 8.07 Å². The topological polar surface area (TPSA) is 0 Å². The third kappa shape index (κ3) is 2.37. The van der Waals surface area contributed by atoms with Crippen LogP contribution >= 0.6 is 15.9 Å². The van der Waals surface area contributed by atoms with Crippen molar-refractivity contribution in [2.45, 2.75) is 20.0 Å². The quantitative estimate of drug-likeness (QED) is 0.582. The van der Waals surface area contributed by atoms with Crippen LogP contribution in [0.4, 0.5) is 0 Å². The molecule has 0 nitrogen and oxygen atoms in total. The van der Waals surface area contributed by atoms with Gasteiger partial charge in [0.1, 0.15) is 8.07 Å². The maximum atomic E-state index is 3.58. The number of rotatable bonds is 3. The minimum Gasteiger partial charge on any atom is -0.0911 e. The second-order valence-electron chi connectivity index (χ2n) is 3.94. The molecule has 0 atom stereocenters. The zero-order valence-corrected chi connectivity index (χ0v) is 11.6. The van der Waals surface area contributed by atoms with Gasteiger partial charge >= 0.3 is 0 Å². The lowest BCUT2D eigenvalue weighted by atomic mass is 10.4. The number of allylic oxidation sites excluding steroid dienone is 2. The Balaban J connectivity index is 3.07. The van der Waals surface area contributed by atoms with Crippen LogP contribution in [-0.4, -0.2) is 13.4 Å². The third-order valence-corrected chi connectivity index (χ3v) is 7.76. The third-order valence-electron chi connectivity index (χ3n) is 2.79. The van der Waals surface area contributed by atoms with Crippen molar-refractivity contribution in [1.82, 2.24) is 0 Å². The Labute approximate surface area is 96.2 Å². The molecule has 0 amide bonds. The summed E-state index contributed by atoms with van der Waals surface area (Å²) in [6.07, 6.45) is 2.26. The maximum absolute atomic E-state index is 3.58. The highest BCUT2D eigenvalue weighted by Gasteiger charge is 2.26. The lowest BCUT2D eigenvalue weighted by Crippen LogP contribution is -2.44. The first kappa shape index (κ1) is 11.7. The Bertz CT molecular complexity index is 314. The molecule has 14 heavy (non-hydrogen) atoms. The minimum absolute atomic E-state index is 0.998. The molecule has 0 bridgehead atoms. The Kier molecular flexibility index (Phi) is 4.14. The molecule has 1 rings (SSSR count). The van der Waals surface area contributed by atoms with Crippen molar-refractivity contribution in [2.24, 2.45) is 0 Å². The van der Waals surface area contributed by atoms with Gasteiger partial charge in [-0.3, -0.25) is 0 Å². The molecule has 0 heterocycles. The van der Waals surface area contributed by atoms with Gasteiger partial charge in [-0.1, -0.05) is 75.8 Å². The molecule has 0 saturated heterocycles. The Morgan fingerprint density at radius 2 is 1.86 bits per heavy atom. The average Bonchev–Trinajstić information content (AvgIpc) is 2.20. The van der Waals surface area contributed by atoms with Crippen LogP contribution in [0.2, 0.25) is 13.1 Å². The Morgan fingerprint density at radius 1 is 1.29 bits per heavy atom. The van der Waals surface area contributed by atoms with E-state index >= 15 is 0 Å². The van der Waals surface area contributed by atoms with Gasteiger partial charge in [0, 0.05) is 5.33 Å². The van der Waals surface area contributed by atoms with E-state index in [1.807, 2.05) is 0 Å². The fourth-order valence-electron chi connectivity index (χ4n) is 1.65. The predicted octanol–water partition coefficient (Wildman–Crippen LogP) is 3.48. The molecule has 0 aromatic heterocycles. The predicted molar refractivity (Wildman–Crippen MR) is 71.1 cm³/mol. The van der Waals surface area contributed by atoms with E-state index in [2.05, 4.69) is 72.4 Å². The summed E-state index contributed by atoms with van der Waals surface area (Å²) < 4.78 is 0. The maximum Gasteiger partial charge on any atom is 0.108 e. The summed E-state index contributed by atoms with van der Waals surface area (Å²) in [7, 11) is -1.39. The van der Waals surface area contributed by atoms with Crippen LogP contribution in [0.3, 0.4) is 0 Å². The fourth-order valence-corrected chi connectivity index (χ4v) is 6.52. The van der Waals surface area contributed by atoms with Crippen molar-refractivity contribution < 1.29 is 0 Å². The van der Waals surface area contributed by atoms with E-state index in [1.54, 1.807) is 5.20 Å². The van der Waals surface area contributed by atoms with Crippen LogP contribution in [0, 0.1) is 0 Å². The normalized spacial score (nSPS) is 13.0. The van der Waals surface area contributed by atoms with E-state index in [1.165, 1.54) is 5.19 Å². The molecule has 0 aliphatic carbocycles. The smallest absolute Gasteiger partial charge is 0.0911 e. The van der Waals surface area contributed by atoms with Crippen molar-refractivity contribution in [2.75, 3.05) is 5.33 Å². The number of halogens is 1. The molecule has 0 N–H and O–H groups in total. The molecule has 0 saturated carbocycles. The van der Waals surface area contributed by atoms with E-state index in [0.717, 1.165) is 5.33 Å². The van der Waals surface area contributed by atoms with Gasteiger partial charge < -0.3 is 0 Å². The Hall–Kier alpha value is -0.343. The lowest BCUT2D eigenvalue weighted by molar-refractivity contribution is 1.53. The number of benzene rings is 1. The van der Waals surface area contributed by atoms with Crippen molar-refractivity contribution in [1.29, 1.82) is 0 Å². The zero-order valence-electron chi connectivity index (χ0n) is 9.05. The summed E-state index contributed by atoms with van der Waals surface area (Å²) >= 11 is 3.58. The molecule has 0 radical (unpaired) electrons. The molecule has 0 aliphatic rings. The van der Waals surface area contributed by atoms with Crippen molar-refractivity contribution in [3.05, 3.63) is 41.6 Å². The molecule has 0 unspecified atom stereocenters. The van der Waals surface area contributed by atoms with Crippen LogP contribution in [0.5, 0.6) is 0 Å². The highest BCUT2D eigenvalue weighted by molar-refractivity contribution is 9.09. The first-order valence-corrected chi connectivity index (χ1v) is 9.02. The van der Waals surface area contributed by atoms with Crippen LogP contribution < -0.4 is 5.19 Å². The van der Waals surface area contributed by atoms with E-state index in [-0.39, 0.29) is 0 Å². The highest BCUT2D eigenvalue weighted by atomic mass is 79.9. The average molecular weight is 269 g/mol. The molecular formula is C12H17BrSi. The van der Waals surface area contributed by atoms with Crippen LogP contribution in [-0.2, 0) is 0 Å². The Morgan fingerprint density at radius 3 is 2.29 bits per heavy atom. The molecule has 0 aliphatic heterocycles. The molecule has 1 aromatic rings. The minimum atomic E-state index is -1.39. The van der Waals surface area contributed by atoms with Crippen molar-refractivity contribution in [3.63, 3.8) is 0 Å². The summed E-state index contributed by atoms with van der Waals surface area (Å²) in [5.41, 5.74) is 0. The number of hydrogen-bond acceptors (Lipinski definition) is 0. The molecule has 1 aromatic carbocycles. The van der Waals surface area contributed by atoms with Crippen LogP contribution in [0.15, 0.2) is 41.6 Å². The number of hydrogen-bond donors (Lipinski definition) is 0. The molecule has 0 spiro atoms. The van der Waals surface area contributed by atoms with E-state index in [0.29, 0.717) is 0 Å². The van der Waals surface area contributed by atoms with Gasteiger partial charge in [-0.25, -0.2) is 0 Å². The second-order valence-corrected chi connectivity index (χ2v) is 8.97. The van der Waals surface area contributed by atoms with Crippen LogP contribution in [0.25, 0.3) is 0 Å². The molecular weight excluding hydrogens is 252 g/mol. The molecule has 76 valence electrons. The van der Waals surface area contributed by atoms with Gasteiger partial charge in [0.05, 0.1) is 0 Å². The summed E-state index contributed by atoms with van der Waals surface area (Å²) in [6, 6.07) is 10.8. The molecule has 0 fully saturated rings. The van der Waals surface area contributed by atoms with Gasteiger partial charge in [0.25, 0.3) is 0 Å². The van der Waals surface area contributed by atoms with Crippen molar-refractivity contribution >= 4 is 29.2 Å². The SMILES string of the molecule is C/C=C(/CBr)[Si](C)(C)c1ccccc1. The first-order valence-electron chi connectivity index (χ1n) is 4.90. The standard InChI is InChI=1S/C12H17BrSi/c1-4-11(10-13)14(2,3)12-8-6-5-7-9-12/h4-9H,10H2,1-3H3/b11-4-. The number of alkyl halides is 1. The first-order chi connectivity index (χ1) is 6.62. The van der Waals surface area contributed by atoms with E-state index in [4.69, 9.17) is 0 Å². The monoisotopic (exact) mass is 268 g/mol. The fraction of sp³-hybridized carbons (Fsp3) is 0.333. The van der Waals surface area contributed by atoms with E-state index in [9.17, 15) is 0 Å². The highest BCUT2D eigenvalue weighted by Crippen LogP contribution is 2.16. The summed E-state index contributed by atoms with van der Waals surface area (Å²) in [6.45, 7) is 6.94. The largest absolute Gasteiger partial charge is 0.108 e. The van der Waals surface area contributed by atoms with Gasteiger partial charge in [-0.2, -0.15) is 0 Å². The van der Waals surface area contributed by atoms with Gasteiger partial charge in [-0.15, -0.1) is 0 Å². The summed E-state index contributed by atoms with van der Waals surface area (Å²) in [5.74, 6) is 0. The summed E-state index contributed by atoms with van der Waals surface area (Å²) in [4.78, 5) is 0. The van der Waals surface area contributed by atoms with Gasteiger partial charge in [0.2, 0.25) is 0 Å². The van der Waals surface area contributed by atoms with Crippen molar-refractivity contribution in [3.8, 4) is 0 Å². The zero-order chi connectivity index (χ0) is 10.6.